The number of nitrogens with zero attached hydrogens (tertiary/aromatic N) is 7. The number of rotatable bonds is 8. The Bertz CT molecular complexity index is 2120. The van der Waals surface area contributed by atoms with Crippen molar-refractivity contribution >= 4 is 56.1 Å². The number of nitrogens with one attached hydrogen (secondary N) is 1. The summed E-state index contributed by atoms with van der Waals surface area (Å²) in [5.41, 5.74) is 0.0173. The van der Waals surface area contributed by atoms with Crippen LogP contribution in [-0.2, 0) is 4.79 Å². The number of amides is 1. The van der Waals surface area contributed by atoms with Gasteiger partial charge in [-0.2, -0.15) is 15.2 Å². The number of likely N-dealkylation sites (N-methyl/N-ethyl adjacent to an activating group) is 1. The van der Waals surface area contributed by atoms with Crippen molar-refractivity contribution in [1.82, 2.24) is 35.1 Å². The van der Waals surface area contributed by atoms with Gasteiger partial charge in [0.05, 0.1) is 23.8 Å². The van der Waals surface area contributed by atoms with Gasteiger partial charge in [0.1, 0.15) is 22.8 Å². The molecule has 49 heavy (non-hydrogen) atoms. The molecule has 0 radical (unpaired) electrons. The zero-order valence-corrected chi connectivity index (χ0v) is 28.1. The number of piperazine rings is 1. The molecule has 250 valence electrons. The first-order valence-electron chi connectivity index (χ1n) is 15.9. The largest absolute Gasteiger partial charge is 0.462 e. The van der Waals surface area contributed by atoms with Gasteiger partial charge < -0.3 is 19.9 Å². The quantitative estimate of drug-likeness (QED) is 0.194. The third-order valence-corrected chi connectivity index (χ3v) is 10.1. The monoisotopic (exact) mass is 700 g/mol. The maximum absolute atomic E-state index is 16.9. The Morgan fingerprint density at radius 3 is 2.80 bits per heavy atom. The highest BCUT2D eigenvalue weighted by atomic mass is 35.5. The summed E-state index contributed by atoms with van der Waals surface area (Å²) in [5.74, 6) is -2.77. The molecule has 5 heterocycles. The third kappa shape index (κ3) is 6.45. The highest BCUT2D eigenvalue weighted by molar-refractivity contribution is 7.10. The van der Waals surface area contributed by atoms with Crippen molar-refractivity contribution in [3.8, 4) is 23.3 Å². The van der Waals surface area contributed by atoms with Gasteiger partial charge in [0.15, 0.2) is 11.6 Å². The number of carbonyl (C=O) groups excluding carboxylic acids is 1. The van der Waals surface area contributed by atoms with Crippen LogP contribution in [0.15, 0.2) is 60.0 Å². The summed E-state index contributed by atoms with van der Waals surface area (Å²) in [6.45, 7) is 1.93. The van der Waals surface area contributed by atoms with E-state index in [1.54, 1.807) is 23.6 Å². The molecule has 2 fully saturated rings. The molecule has 2 aliphatic rings. The molecule has 3 aromatic heterocycles. The summed E-state index contributed by atoms with van der Waals surface area (Å²) in [5, 5.41) is 16.1. The molecule has 0 aliphatic carbocycles. The van der Waals surface area contributed by atoms with Crippen LogP contribution in [-0.4, -0.2) is 87.6 Å². The lowest BCUT2D eigenvalue weighted by atomic mass is 10.00. The first kappa shape index (κ1) is 32.9. The molecule has 2 aromatic carbocycles. The highest BCUT2D eigenvalue weighted by Crippen LogP contribution is 2.39. The molecule has 0 unspecified atom stereocenters. The molecule has 1 amide bonds. The molecule has 14 heteroatoms. The number of thiazole rings is 1. The second-order valence-corrected chi connectivity index (χ2v) is 13.4. The van der Waals surface area contributed by atoms with Gasteiger partial charge in [0, 0.05) is 70.9 Å². The van der Waals surface area contributed by atoms with Gasteiger partial charge in [0.2, 0.25) is 0 Å². The van der Waals surface area contributed by atoms with Crippen molar-refractivity contribution in [3.05, 3.63) is 81.5 Å². The average molecular weight is 701 g/mol. The Morgan fingerprint density at radius 1 is 1.20 bits per heavy atom. The van der Waals surface area contributed by atoms with Gasteiger partial charge in [-0.3, -0.25) is 9.78 Å². The minimum absolute atomic E-state index is 0.00185. The summed E-state index contributed by atoms with van der Waals surface area (Å²) in [6, 6.07) is 12.5. The topological polar surface area (TPSA) is 120 Å². The van der Waals surface area contributed by atoms with E-state index in [-0.39, 0.29) is 77.1 Å². The zero-order valence-electron chi connectivity index (χ0n) is 26.5. The number of likely N-dealkylation sites (tertiary alicyclic amines) is 1. The third-order valence-electron chi connectivity index (χ3n) is 9.02. The van der Waals surface area contributed by atoms with Crippen LogP contribution < -0.4 is 10.1 Å². The standard InChI is InChI=1S/C35H31ClF2N8O2S/c1-45-14-4-7-22(45)19-48-35-43-30(27(33-41-13-16-49-33)28(37)34(47)46-15-12-40-21(18-46)10-11-39)24-17-42-31(29(38)32(24)44-35)23-8-2-5-20-6-3-9-25(36)26(20)23/h2-3,5-6,8-9,13,16-17,21-22,40H,4,7,10,12,14-15,18-19H2,1H3/b28-27-/t21-,22-/m0/s1. The predicted octanol–water partition coefficient (Wildman–Crippen LogP) is 6.01. The number of hydrogen-bond donors (Lipinski definition) is 1. The van der Waals surface area contributed by atoms with Crippen molar-refractivity contribution in [3.63, 3.8) is 0 Å². The lowest BCUT2D eigenvalue weighted by molar-refractivity contribution is -0.129. The van der Waals surface area contributed by atoms with Crippen LogP contribution in [0.2, 0.25) is 5.02 Å². The second kappa shape index (κ2) is 14.1. The molecule has 7 rings (SSSR count). The van der Waals surface area contributed by atoms with Crippen molar-refractivity contribution in [2.75, 3.05) is 39.8 Å². The fourth-order valence-corrected chi connectivity index (χ4v) is 7.44. The smallest absolute Gasteiger partial charge is 0.317 e. The second-order valence-electron chi connectivity index (χ2n) is 12.1. The average Bonchev–Trinajstić information content (AvgIpc) is 3.79. The Kier molecular flexibility index (Phi) is 9.46. The summed E-state index contributed by atoms with van der Waals surface area (Å²) >= 11 is 7.70. The fourth-order valence-electron chi connectivity index (χ4n) is 6.48. The molecule has 2 aliphatic heterocycles. The van der Waals surface area contributed by atoms with Crippen LogP contribution in [0.1, 0.15) is 30.0 Å². The Morgan fingerprint density at radius 2 is 2.04 bits per heavy atom. The summed E-state index contributed by atoms with van der Waals surface area (Å²) in [6.07, 6.45) is 4.95. The van der Waals surface area contributed by atoms with E-state index in [9.17, 15) is 10.1 Å². The first-order chi connectivity index (χ1) is 23.8. The molecular weight excluding hydrogens is 670 g/mol. The van der Waals surface area contributed by atoms with Gasteiger partial charge in [-0.05, 0) is 37.9 Å². The van der Waals surface area contributed by atoms with E-state index in [0.717, 1.165) is 36.1 Å². The van der Waals surface area contributed by atoms with Crippen molar-refractivity contribution in [2.45, 2.75) is 31.3 Å². The predicted molar refractivity (Wildman–Crippen MR) is 184 cm³/mol. The number of halogens is 3. The van der Waals surface area contributed by atoms with Gasteiger partial charge in [0.25, 0.3) is 5.91 Å². The molecule has 10 nitrogen and oxygen atoms in total. The molecule has 2 saturated heterocycles. The number of carbonyl (C=O) groups is 1. The van der Waals surface area contributed by atoms with Gasteiger partial charge in [-0.25, -0.2) is 13.8 Å². The van der Waals surface area contributed by atoms with Crippen molar-refractivity contribution in [2.24, 2.45) is 0 Å². The molecular formula is C35H31ClF2N8O2S. The van der Waals surface area contributed by atoms with Crippen LogP contribution in [0.5, 0.6) is 6.01 Å². The van der Waals surface area contributed by atoms with Crippen LogP contribution in [0, 0.1) is 17.1 Å². The van der Waals surface area contributed by atoms with Gasteiger partial charge >= 0.3 is 6.01 Å². The maximum Gasteiger partial charge on any atom is 0.317 e. The number of nitriles is 1. The van der Waals surface area contributed by atoms with E-state index in [1.807, 2.05) is 25.2 Å². The summed E-state index contributed by atoms with van der Waals surface area (Å²) in [4.78, 5) is 35.2. The number of fused-ring (bicyclic) bond motifs is 2. The molecule has 0 bridgehead atoms. The molecule has 5 aromatic rings. The van der Waals surface area contributed by atoms with Gasteiger partial charge in [-0.1, -0.05) is 41.9 Å². The fraction of sp³-hybridized carbons (Fsp3) is 0.314. The summed E-state index contributed by atoms with van der Waals surface area (Å²) in [7, 11) is 2.00. The first-order valence-corrected chi connectivity index (χ1v) is 17.2. The van der Waals surface area contributed by atoms with E-state index >= 15 is 8.78 Å². The number of pyridine rings is 1. The minimum Gasteiger partial charge on any atom is -0.462 e. The van der Waals surface area contributed by atoms with Crippen LogP contribution in [0.3, 0.4) is 0 Å². The lowest BCUT2D eigenvalue weighted by Gasteiger charge is -2.32. The Balaban J connectivity index is 1.41. The lowest BCUT2D eigenvalue weighted by Crippen LogP contribution is -2.52. The van der Waals surface area contributed by atoms with E-state index < -0.39 is 17.6 Å². The maximum atomic E-state index is 16.9. The molecule has 0 saturated carbocycles. The van der Waals surface area contributed by atoms with Crippen LogP contribution >= 0.6 is 22.9 Å². The molecule has 0 spiro atoms. The minimum atomic E-state index is -1.11. The molecule has 1 N–H and O–H groups in total. The zero-order chi connectivity index (χ0) is 34.1. The van der Waals surface area contributed by atoms with Crippen LogP contribution in [0.4, 0.5) is 8.78 Å². The van der Waals surface area contributed by atoms with E-state index in [4.69, 9.17) is 16.3 Å². The van der Waals surface area contributed by atoms with Gasteiger partial charge in [-0.15, -0.1) is 11.3 Å². The van der Waals surface area contributed by atoms with E-state index in [2.05, 4.69) is 36.2 Å². The number of benzene rings is 2. The van der Waals surface area contributed by atoms with Crippen molar-refractivity contribution < 1.29 is 18.3 Å². The van der Waals surface area contributed by atoms with Crippen molar-refractivity contribution in [1.29, 1.82) is 5.26 Å². The Labute approximate surface area is 290 Å². The number of hydrogen-bond acceptors (Lipinski definition) is 10. The summed E-state index contributed by atoms with van der Waals surface area (Å²) < 4.78 is 39.7. The Hall–Kier alpha value is -4.61. The normalized spacial score (nSPS) is 18.9. The molecule has 2 atom stereocenters. The number of aromatic nitrogens is 4. The highest BCUT2D eigenvalue weighted by Gasteiger charge is 2.32. The number of ether oxygens (including phenoxy) is 1. The van der Waals surface area contributed by atoms with Crippen LogP contribution in [0.25, 0.3) is 38.5 Å². The van der Waals surface area contributed by atoms with E-state index in [0.29, 0.717) is 22.5 Å². The van der Waals surface area contributed by atoms with E-state index in [1.165, 1.54) is 17.3 Å². The SMILES string of the molecule is CN1CCC[C@H]1COc1nc(/C(=C(/F)C(=O)N2CCN[C@@H](CC#N)C2)c2nccs2)c2cnc(-c3cccc4cccc(Cl)c34)c(F)c2n1.